The molecule has 0 aliphatic rings. The predicted molar refractivity (Wildman–Crippen MR) is 53.9 cm³/mol. The molecule has 0 saturated heterocycles. The number of aromatic nitrogens is 1. The van der Waals surface area contributed by atoms with Gasteiger partial charge in [0.1, 0.15) is 5.69 Å². The maximum absolute atomic E-state index is 10.8. The van der Waals surface area contributed by atoms with E-state index in [1.165, 1.54) is 11.3 Å². The number of primary amides is 1. The molecule has 1 atom stereocenters. The van der Waals surface area contributed by atoms with E-state index in [0.717, 1.165) is 5.01 Å². The van der Waals surface area contributed by atoms with Crippen molar-refractivity contribution in [1.82, 2.24) is 4.98 Å². The fourth-order valence-electron chi connectivity index (χ4n) is 0.895. The summed E-state index contributed by atoms with van der Waals surface area (Å²) in [6.45, 7) is 6.38. The Balaban J connectivity index is 2.85. The van der Waals surface area contributed by atoms with Crippen molar-refractivity contribution in [2.75, 3.05) is 0 Å². The highest BCUT2D eigenvalue weighted by atomic mass is 32.1. The lowest BCUT2D eigenvalue weighted by Gasteiger charge is -2.11. The van der Waals surface area contributed by atoms with Crippen LogP contribution in [-0.4, -0.2) is 10.9 Å². The van der Waals surface area contributed by atoms with Crippen LogP contribution in [0.4, 0.5) is 0 Å². The molecule has 1 unspecified atom stereocenters. The fraction of sp³-hybridized carbons (Fsp3) is 0.556. The van der Waals surface area contributed by atoms with Crippen molar-refractivity contribution in [2.45, 2.75) is 26.7 Å². The Morgan fingerprint density at radius 3 is 2.54 bits per heavy atom. The largest absolute Gasteiger partial charge is 0.364 e. The molecule has 0 fully saturated rings. The first-order valence-corrected chi connectivity index (χ1v) is 5.15. The minimum absolute atomic E-state index is 0.382. The Labute approximate surface area is 82.0 Å². The van der Waals surface area contributed by atoms with E-state index < -0.39 is 5.91 Å². The van der Waals surface area contributed by atoms with Crippen LogP contribution < -0.4 is 5.73 Å². The molecular formula is C9H14N2OS. The zero-order valence-electron chi connectivity index (χ0n) is 8.07. The van der Waals surface area contributed by atoms with E-state index >= 15 is 0 Å². The molecule has 13 heavy (non-hydrogen) atoms. The minimum Gasteiger partial charge on any atom is -0.364 e. The first-order valence-electron chi connectivity index (χ1n) is 4.27. The molecule has 0 saturated carbocycles. The summed E-state index contributed by atoms with van der Waals surface area (Å²) in [7, 11) is 0. The molecule has 1 rings (SSSR count). The lowest BCUT2D eigenvalue weighted by molar-refractivity contribution is 0.0996. The fourth-order valence-corrected chi connectivity index (χ4v) is 1.93. The monoisotopic (exact) mass is 198 g/mol. The van der Waals surface area contributed by atoms with Gasteiger partial charge < -0.3 is 5.73 Å². The second-order valence-electron chi connectivity index (χ2n) is 3.47. The van der Waals surface area contributed by atoms with E-state index in [2.05, 4.69) is 25.8 Å². The molecule has 0 aromatic carbocycles. The Hall–Kier alpha value is -0.900. The molecule has 72 valence electrons. The number of thiazole rings is 1. The van der Waals surface area contributed by atoms with Crippen molar-refractivity contribution in [3.8, 4) is 0 Å². The number of hydrogen-bond donors (Lipinski definition) is 1. The van der Waals surface area contributed by atoms with E-state index in [9.17, 15) is 4.79 Å². The molecule has 2 N–H and O–H groups in total. The summed E-state index contributed by atoms with van der Waals surface area (Å²) >= 11 is 1.50. The topological polar surface area (TPSA) is 56.0 Å². The van der Waals surface area contributed by atoms with Gasteiger partial charge in [-0.05, 0) is 5.92 Å². The number of carbonyl (C=O) groups is 1. The molecule has 0 radical (unpaired) electrons. The molecule has 3 nitrogen and oxygen atoms in total. The molecular weight excluding hydrogens is 184 g/mol. The van der Waals surface area contributed by atoms with Gasteiger partial charge in [0.05, 0.1) is 5.01 Å². The number of rotatable bonds is 3. The Kier molecular flexibility index (Phi) is 3.03. The summed E-state index contributed by atoms with van der Waals surface area (Å²) < 4.78 is 0. The summed E-state index contributed by atoms with van der Waals surface area (Å²) in [5, 5.41) is 2.71. The first kappa shape index (κ1) is 10.2. The molecule has 4 heteroatoms. The van der Waals surface area contributed by atoms with Crippen molar-refractivity contribution in [3.63, 3.8) is 0 Å². The van der Waals surface area contributed by atoms with Crippen LogP contribution in [0, 0.1) is 5.92 Å². The van der Waals surface area contributed by atoms with Crippen molar-refractivity contribution >= 4 is 17.2 Å². The van der Waals surface area contributed by atoms with Crippen LogP contribution in [0.5, 0.6) is 0 Å². The van der Waals surface area contributed by atoms with Gasteiger partial charge in [0.2, 0.25) is 0 Å². The second kappa shape index (κ2) is 3.87. The molecule has 1 aromatic heterocycles. The molecule has 0 bridgehead atoms. The van der Waals surface area contributed by atoms with Crippen LogP contribution in [0.15, 0.2) is 5.38 Å². The summed E-state index contributed by atoms with van der Waals surface area (Å²) in [5.41, 5.74) is 5.49. The standard InChI is InChI=1S/C9H14N2OS/c1-5(2)6(3)9-11-7(4-13-9)8(10)12/h4-6H,1-3H3,(H2,10,12). The van der Waals surface area contributed by atoms with Crippen molar-refractivity contribution in [1.29, 1.82) is 0 Å². The van der Waals surface area contributed by atoms with Gasteiger partial charge in [-0.3, -0.25) is 4.79 Å². The van der Waals surface area contributed by atoms with Gasteiger partial charge in [0.25, 0.3) is 5.91 Å². The van der Waals surface area contributed by atoms with Gasteiger partial charge in [-0.25, -0.2) is 4.98 Å². The quantitative estimate of drug-likeness (QED) is 0.807. The zero-order valence-corrected chi connectivity index (χ0v) is 8.89. The highest BCUT2D eigenvalue weighted by molar-refractivity contribution is 7.09. The van der Waals surface area contributed by atoms with Crippen LogP contribution in [0.3, 0.4) is 0 Å². The van der Waals surface area contributed by atoms with Gasteiger partial charge in [0, 0.05) is 11.3 Å². The van der Waals surface area contributed by atoms with Crippen LogP contribution in [-0.2, 0) is 0 Å². The van der Waals surface area contributed by atoms with Gasteiger partial charge >= 0.3 is 0 Å². The number of nitrogens with two attached hydrogens (primary N) is 1. The van der Waals surface area contributed by atoms with Crippen LogP contribution >= 0.6 is 11.3 Å². The lowest BCUT2D eigenvalue weighted by atomic mass is 9.99. The Morgan fingerprint density at radius 1 is 1.54 bits per heavy atom. The minimum atomic E-state index is -0.446. The lowest BCUT2D eigenvalue weighted by Crippen LogP contribution is -2.12. The molecule has 0 spiro atoms. The summed E-state index contributed by atoms with van der Waals surface area (Å²) in [5.74, 6) is 0.475. The second-order valence-corrected chi connectivity index (χ2v) is 4.36. The van der Waals surface area contributed by atoms with E-state index in [0.29, 0.717) is 17.5 Å². The maximum Gasteiger partial charge on any atom is 0.268 e. The van der Waals surface area contributed by atoms with Gasteiger partial charge in [0.15, 0.2) is 0 Å². The highest BCUT2D eigenvalue weighted by Gasteiger charge is 2.15. The van der Waals surface area contributed by atoms with E-state index in [1.807, 2.05) is 0 Å². The summed E-state index contributed by atoms with van der Waals surface area (Å²) in [6, 6.07) is 0. The van der Waals surface area contributed by atoms with Crippen molar-refractivity contribution < 1.29 is 4.79 Å². The summed E-state index contributed by atoms with van der Waals surface area (Å²) in [4.78, 5) is 14.9. The third-order valence-corrected chi connectivity index (χ3v) is 3.21. The molecule has 0 aliphatic heterocycles. The van der Waals surface area contributed by atoms with E-state index in [4.69, 9.17) is 5.73 Å². The molecule has 1 heterocycles. The van der Waals surface area contributed by atoms with Gasteiger partial charge in [-0.2, -0.15) is 0 Å². The Bertz CT molecular complexity index is 306. The number of nitrogens with zero attached hydrogens (tertiary/aromatic N) is 1. The third-order valence-electron chi connectivity index (χ3n) is 2.16. The number of carbonyl (C=O) groups excluding carboxylic acids is 1. The highest BCUT2D eigenvalue weighted by Crippen LogP contribution is 2.26. The first-order chi connectivity index (χ1) is 6.02. The third kappa shape index (κ3) is 2.28. The van der Waals surface area contributed by atoms with Gasteiger partial charge in [-0.1, -0.05) is 20.8 Å². The normalized spacial score (nSPS) is 13.2. The van der Waals surface area contributed by atoms with E-state index in [1.54, 1.807) is 5.38 Å². The van der Waals surface area contributed by atoms with Crippen LogP contribution in [0.25, 0.3) is 0 Å². The van der Waals surface area contributed by atoms with E-state index in [-0.39, 0.29) is 0 Å². The van der Waals surface area contributed by atoms with Crippen molar-refractivity contribution in [2.24, 2.45) is 11.7 Å². The van der Waals surface area contributed by atoms with Gasteiger partial charge in [-0.15, -0.1) is 11.3 Å². The Morgan fingerprint density at radius 2 is 2.15 bits per heavy atom. The summed E-state index contributed by atoms with van der Waals surface area (Å²) in [6.07, 6.45) is 0. The molecule has 1 amide bonds. The number of amides is 1. The number of hydrogen-bond acceptors (Lipinski definition) is 3. The SMILES string of the molecule is CC(C)C(C)c1nc(C(N)=O)cs1. The zero-order chi connectivity index (χ0) is 10.0. The van der Waals surface area contributed by atoms with Crippen LogP contribution in [0.1, 0.15) is 42.2 Å². The predicted octanol–water partition coefficient (Wildman–Crippen LogP) is 2.00. The smallest absolute Gasteiger partial charge is 0.268 e. The van der Waals surface area contributed by atoms with Crippen LogP contribution in [0.2, 0.25) is 0 Å². The maximum atomic E-state index is 10.8. The average molecular weight is 198 g/mol. The molecule has 0 aliphatic carbocycles. The molecule has 1 aromatic rings. The van der Waals surface area contributed by atoms with Crippen molar-refractivity contribution in [3.05, 3.63) is 16.1 Å². The average Bonchev–Trinajstić information content (AvgIpc) is 2.50.